The smallest absolute Gasteiger partial charge is 0.243 e. The average molecular weight is 364 g/mol. The Bertz CT molecular complexity index is 794. The van der Waals surface area contributed by atoms with Crippen molar-refractivity contribution in [3.63, 3.8) is 0 Å². The second-order valence-corrected chi connectivity index (χ2v) is 8.06. The number of piperazine rings is 1. The maximum absolute atomic E-state index is 12.7. The van der Waals surface area contributed by atoms with Crippen molar-refractivity contribution < 1.29 is 13.2 Å². The van der Waals surface area contributed by atoms with E-state index >= 15 is 0 Å². The fraction of sp³-hybridized carbons (Fsp3) is 0.471. The quantitative estimate of drug-likeness (QED) is 0.764. The highest BCUT2D eigenvalue weighted by molar-refractivity contribution is 7.89. The predicted octanol–water partition coefficient (Wildman–Crippen LogP) is 0.978. The van der Waals surface area contributed by atoms with Crippen LogP contribution in [0.25, 0.3) is 0 Å². The van der Waals surface area contributed by atoms with Gasteiger partial charge in [0, 0.05) is 58.6 Å². The molecule has 0 amide bonds. The summed E-state index contributed by atoms with van der Waals surface area (Å²) in [7, 11) is 0.110. The molecular weight excluding hydrogens is 340 g/mol. The van der Waals surface area contributed by atoms with E-state index in [1.807, 2.05) is 17.8 Å². The van der Waals surface area contributed by atoms with E-state index in [9.17, 15) is 8.42 Å². The number of hydrogen-bond acceptors (Lipinski definition) is 5. The van der Waals surface area contributed by atoms with Gasteiger partial charge in [-0.3, -0.25) is 0 Å². The molecule has 3 rings (SSSR count). The van der Waals surface area contributed by atoms with E-state index in [-0.39, 0.29) is 0 Å². The molecule has 136 valence electrons. The van der Waals surface area contributed by atoms with Gasteiger partial charge in [-0.2, -0.15) is 4.31 Å². The molecule has 0 bridgehead atoms. The minimum Gasteiger partial charge on any atom is -0.497 e. The number of benzene rings is 1. The van der Waals surface area contributed by atoms with E-state index < -0.39 is 10.0 Å². The molecule has 0 N–H and O–H groups in total. The Hall–Kier alpha value is -1.90. The summed E-state index contributed by atoms with van der Waals surface area (Å²) in [6, 6.07) is 6.55. The molecule has 0 unspecified atom stereocenters. The lowest BCUT2D eigenvalue weighted by Gasteiger charge is -2.33. The minimum atomic E-state index is -3.44. The number of methoxy groups -OCH3 is 1. The minimum absolute atomic E-state index is 0.315. The molecule has 2 aromatic rings. The first-order valence-electron chi connectivity index (χ1n) is 8.33. The van der Waals surface area contributed by atoms with Gasteiger partial charge in [-0.25, -0.2) is 13.4 Å². The Morgan fingerprint density at radius 3 is 2.36 bits per heavy atom. The molecule has 25 heavy (non-hydrogen) atoms. The lowest BCUT2D eigenvalue weighted by atomic mass is 10.3. The van der Waals surface area contributed by atoms with E-state index in [1.165, 1.54) is 0 Å². The number of imidazole rings is 1. The van der Waals surface area contributed by atoms with Crippen molar-refractivity contribution in [3.8, 4) is 5.75 Å². The second kappa shape index (κ2) is 7.55. The van der Waals surface area contributed by atoms with Crippen molar-refractivity contribution in [1.82, 2.24) is 18.8 Å². The SMILES string of the molecule is COc1ccc(S(=O)(=O)N2CCN(CCc3nccn3C)CC2)cc1. The van der Waals surface area contributed by atoms with E-state index in [0.717, 1.165) is 31.9 Å². The second-order valence-electron chi connectivity index (χ2n) is 6.13. The van der Waals surface area contributed by atoms with Crippen molar-refractivity contribution >= 4 is 10.0 Å². The van der Waals surface area contributed by atoms with Crippen LogP contribution in [0.3, 0.4) is 0 Å². The van der Waals surface area contributed by atoms with Crippen LogP contribution in [0.1, 0.15) is 5.82 Å². The van der Waals surface area contributed by atoms with Crippen LogP contribution in [0, 0.1) is 0 Å². The topological polar surface area (TPSA) is 67.7 Å². The molecular formula is C17H24N4O3S. The van der Waals surface area contributed by atoms with Crippen LogP contribution in [0.5, 0.6) is 5.75 Å². The molecule has 1 aromatic heterocycles. The van der Waals surface area contributed by atoms with E-state index in [4.69, 9.17) is 4.74 Å². The van der Waals surface area contributed by atoms with Gasteiger partial charge in [0.25, 0.3) is 0 Å². The Morgan fingerprint density at radius 1 is 1.12 bits per heavy atom. The van der Waals surface area contributed by atoms with Gasteiger partial charge in [0.2, 0.25) is 10.0 Å². The summed E-state index contributed by atoms with van der Waals surface area (Å²) in [4.78, 5) is 6.93. The molecule has 0 saturated carbocycles. The number of sulfonamides is 1. The Labute approximate surface area is 148 Å². The number of aromatic nitrogens is 2. The van der Waals surface area contributed by atoms with Crippen molar-refractivity contribution in [2.75, 3.05) is 39.8 Å². The van der Waals surface area contributed by atoms with Crippen LogP contribution in [-0.2, 0) is 23.5 Å². The Kier molecular flexibility index (Phi) is 5.41. The van der Waals surface area contributed by atoms with Gasteiger partial charge in [-0.05, 0) is 24.3 Å². The van der Waals surface area contributed by atoms with E-state index in [0.29, 0.717) is 23.7 Å². The standard InChI is InChI=1S/C17H24N4O3S/c1-19-10-8-18-17(19)7-9-20-11-13-21(14-12-20)25(22,23)16-5-3-15(24-2)4-6-16/h3-6,8,10H,7,9,11-14H2,1-2H3. The van der Waals surface area contributed by atoms with Gasteiger partial charge in [0.1, 0.15) is 11.6 Å². The van der Waals surface area contributed by atoms with E-state index in [1.54, 1.807) is 41.9 Å². The number of ether oxygens (including phenoxy) is 1. The van der Waals surface area contributed by atoms with E-state index in [2.05, 4.69) is 9.88 Å². The number of rotatable bonds is 6. The average Bonchev–Trinajstić information content (AvgIpc) is 3.05. The molecule has 0 aliphatic carbocycles. The zero-order valence-electron chi connectivity index (χ0n) is 14.6. The summed E-state index contributed by atoms with van der Waals surface area (Å²) < 4.78 is 34.1. The van der Waals surface area contributed by atoms with Crippen molar-refractivity contribution in [2.24, 2.45) is 7.05 Å². The third-order valence-electron chi connectivity index (χ3n) is 4.60. The Morgan fingerprint density at radius 2 is 1.80 bits per heavy atom. The maximum atomic E-state index is 12.7. The van der Waals surface area contributed by atoms with Crippen LogP contribution in [-0.4, -0.2) is 67.0 Å². The summed E-state index contributed by atoms with van der Waals surface area (Å²) >= 11 is 0. The molecule has 1 aliphatic rings. The lowest BCUT2D eigenvalue weighted by molar-refractivity contribution is 0.189. The fourth-order valence-electron chi connectivity index (χ4n) is 2.99. The predicted molar refractivity (Wildman–Crippen MR) is 95.1 cm³/mol. The number of nitrogens with zero attached hydrogens (tertiary/aromatic N) is 4. The third kappa shape index (κ3) is 4.02. The van der Waals surface area contributed by atoms with Gasteiger partial charge in [-0.15, -0.1) is 0 Å². The summed E-state index contributed by atoms with van der Waals surface area (Å²) in [5.41, 5.74) is 0. The molecule has 2 heterocycles. The highest BCUT2D eigenvalue weighted by Crippen LogP contribution is 2.20. The highest BCUT2D eigenvalue weighted by atomic mass is 32.2. The number of hydrogen-bond donors (Lipinski definition) is 0. The van der Waals surface area contributed by atoms with Crippen LogP contribution in [0.2, 0.25) is 0 Å². The largest absolute Gasteiger partial charge is 0.497 e. The first-order valence-corrected chi connectivity index (χ1v) is 9.77. The first kappa shape index (κ1) is 17.9. The van der Waals surface area contributed by atoms with Gasteiger partial charge in [0.15, 0.2) is 0 Å². The first-order chi connectivity index (χ1) is 12.0. The lowest BCUT2D eigenvalue weighted by Crippen LogP contribution is -2.49. The molecule has 1 fully saturated rings. The maximum Gasteiger partial charge on any atom is 0.243 e. The summed E-state index contributed by atoms with van der Waals surface area (Å²) in [5.74, 6) is 1.70. The molecule has 0 atom stereocenters. The molecule has 8 heteroatoms. The van der Waals surface area contributed by atoms with Crippen molar-refractivity contribution in [3.05, 3.63) is 42.5 Å². The summed E-state index contributed by atoms with van der Waals surface area (Å²) in [6.45, 7) is 3.38. The zero-order valence-corrected chi connectivity index (χ0v) is 15.4. The van der Waals surface area contributed by atoms with Crippen molar-refractivity contribution in [1.29, 1.82) is 0 Å². The normalized spacial score (nSPS) is 16.9. The molecule has 1 aliphatic heterocycles. The fourth-order valence-corrected chi connectivity index (χ4v) is 4.41. The van der Waals surface area contributed by atoms with Gasteiger partial charge >= 0.3 is 0 Å². The molecule has 7 nitrogen and oxygen atoms in total. The van der Waals surface area contributed by atoms with Crippen molar-refractivity contribution in [2.45, 2.75) is 11.3 Å². The van der Waals surface area contributed by atoms with Gasteiger partial charge in [-0.1, -0.05) is 0 Å². The summed E-state index contributed by atoms with van der Waals surface area (Å²) in [5, 5.41) is 0. The van der Waals surface area contributed by atoms with Gasteiger partial charge in [0.05, 0.1) is 12.0 Å². The van der Waals surface area contributed by atoms with Crippen LogP contribution in [0.15, 0.2) is 41.6 Å². The third-order valence-corrected chi connectivity index (χ3v) is 6.51. The van der Waals surface area contributed by atoms with Crippen LogP contribution >= 0.6 is 0 Å². The zero-order chi connectivity index (χ0) is 17.9. The molecule has 1 aromatic carbocycles. The molecule has 0 spiro atoms. The monoisotopic (exact) mass is 364 g/mol. The molecule has 1 saturated heterocycles. The number of aryl methyl sites for hydroxylation is 1. The van der Waals surface area contributed by atoms with Crippen LogP contribution < -0.4 is 4.74 Å². The highest BCUT2D eigenvalue weighted by Gasteiger charge is 2.28. The Balaban J connectivity index is 1.56. The van der Waals surface area contributed by atoms with Gasteiger partial charge < -0.3 is 14.2 Å². The van der Waals surface area contributed by atoms with Crippen LogP contribution in [0.4, 0.5) is 0 Å². The molecule has 0 radical (unpaired) electrons. The summed E-state index contributed by atoms with van der Waals surface area (Å²) in [6.07, 6.45) is 4.61.